The van der Waals surface area contributed by atoms with Crippen LogP contribution in [-0.4, -0.2) is 109 Å². The molecule has 1 fully saturated rings. The SMILES string of the molecule is CN1CC[C@]23c4c5ccc(O)c4O[C@H]2C(OC(=O)C[C@H](OC(=O)[C@H](O)[C@@H](O)C(=O)O)C(=O)O)=CC[C@@]3(O)[C@H]1C5. The lowest BCUT2D eigenvalue weighted by Crippen LogP contribution is -2.74. The number of aliphatic carboxylic acids is 2. The molecule has 7 atom stereocenters. The predicted molar refractivity (Wildman–Crippen MR) is 124 cm³/mol. The molecule has 2 aliphatic carbocycles. The molecule has 14 nitrogen and oxygen atoms in total. The summed E-state index contributed by atoms with van der Waals surface area (Å²) >= 11 is 0. The second-order valence-electron chi connectivity index (χ2n) is 10.3. The molecule has 1 aromatic carbocycles. The van der Waals surface area contributed by atoms with E-state index in [0.29, 0.717) is 24.9 Å². The Hall–Kier alpha value is -3.72. The molecule has 1 saturated heterocycles. The average Bonchev–Trinajstić information content (AvgIpc) is 3.24. The molecule has 0 amide bonds. The van der Waals surface area contributed by atoms with Gasteiger partial charge in [-0.2, -0.15) is 0 Å². The summed E-state index contributed by atoms with van der Waals surface area (Å²) < 4.78 is 16.2. The first kappa shape index (κ1) is 26.9. The number of aliphatic hydroxyl groups is 3. The zero-order chi connectivity index (χ0) is 28.4. The molecule has 0 aromatic heterocycles. The van der Waals surface area contributed by atoms with Gasteiger partial charge < -0.3 is 49.7 Å². The molecule has 1 spiro atoms. The normalized spacial score (nSPS) is 30.6. The van der Waals surface area contributed by atoms with Gasteiger partial charge in [0.2, 0.25) is 6.10 Å². The van der Waals surface area contributed by atoms with Crippen LogP contribution in [0.15, 0.2) is 24.0 Å². The third-order valence-electron chi connectivity index (χ3n) is 8.26. The fraction of sp³-hybridized carbons (Fsp3) is 0.520. The highest BCUT2D eigenvalue weighted by Crippen LogP contribution is 2.65. The maximum absolute atomic E-state index is 12.8. The number of likely N-dealkylation sites (tertiary alicyclic amines) is 1. The first-order chi connectivity index (χ1) is 18.3. The lowest BCUT2D eigenvalue weighted by molar-refractivity contribution is -0.181. The number of aliphatic hydroxyl groups excluding tert-OH is 2. The zero-order valence-corrected chi connectivity index (χ0v) is 20.6. The summed E-state index contributed by atoms with van der Waals surface area (Å²) in [6.45, 7) is 0.587. The summed E-state index contributed by atoms with van der Waals surface area (Å²) in [4.78, 5) is 49.2. The van der Waals surface area contributed by atoms with Crippen LogP contribution in [0.4, 0.5) is 0 Å². The maximum atomic E-state index is 12.8. The molecule has 4 aliphatic rings. The molecular formula is C25H27NO13. The van der Waals surface area contributed by atoms with Crippen molar-refractivity contribution >= 4 is 23.9 Å². The van der Waals surface area contributed by atoms with E-state index >= 15 is 0 Å². The number of hydrogen-bond acceptors (Lipinski definition) is 12. The predicted octanol–water partition coefficient (Wildman–Crippen LogP) is -1.59. The number of carboxylic acid groups (broad SMARTS) is 2. The van der Waals surface area contributed by atoms with Gasteiger partial charge in [0.1, 0.15) is 5.76 Å². The minimum absolute atomic E-state index is 0.00627. The monoisotopic (exact) mass is 549 g/mol. The van der Waals surface area contributed by atoms with Crippen molar-refractivity contribution < 1.29 is 64.0 Å². The highest BCUT2D eigenvalue weighted by Gasteiger charge is 2.72. The van der Waals surface area contributed by atoms with Crippen LogP contribution >= 0.6 is 0 Å². The number of phenols is 1. The fourth-order valence-corrected chi connectivity index (χ4v) is 6.42. The molecule has 1 aromatic rings. The molecular weight excluding hydrogens is 522 g/mol. The van der Waals surface area contributed by atoms with Crippen molar-refractivity contribution in [2.45, 2.75) is 67.2 Å². The van der Waals surface area contributed by atoms with E-state index < -0.39 is 65.7 Å². The number of likely N-dealkylation sites (N-methyl/N-ethyl adjacent to an activating group) is 1. The van der Waals surface area contributed by atoms with E-state index in [1.807, 2.05) is 7.05 Å². The van der Waals surface area contributed by atoms with E-state index in [9.17, 15) is 44.7 Å². The van der Waals surface area contributed by atoms with Crippen LogP contribution in [-0.2, 0) is 40.5 Å². The Bertz CT molecular complexity index is 1290. The summed E-state index contributed by atoms with van der Waals surface area (Å²) in [7, 11) is 1.91. The van der Waals surface area contributed by atoms with E-state index in [1.54, 1.807) is 6.07 Å². The van der Waals surface area contributed by atoms with Gasteiger partial charge in [-0.1, -0.05) is 6.07 Å². The Kier molecular flexibility index (Phi) is 6.33. The first-order valence-corrected chi connectivity index (χ1v) is 12.2. The molecule has 210 valence electrons. The van der Waals surface area contributed by atoms with Gasteiger partial charge in [0.15, 0.2) is 29.8 Å². The quantitative estimate of drug-likeness (QED) is 0.201. The Morgan fingerprint density at radius 1 is 1.15 bits per heavy atom. The van der Waals surface area contributed by atoms with E-state index in [-0.39, 0.29) is 29.7 Å². The second-order valence-corrected chi connectivity index (χ2v) is 10.3. The number of phenolic OH excluding ortho intramolecular Hbond substituents is 1. The van der Waals surface area contributed by atoms with Crippen LogP contribution in [0.1, 0.15) is 30.4 Å². The van der Waals surface area contributed by atoms with Crippen LogP contribution in [0.25, 0.3) is 0 Å². The van der Waals surface area contributed by atoms with Gasteiger partial charge in [0, 0.05) is 18.0 Å². The number of nitrogens with zero attached hydrogens (tertiary/aromatic N) is 1. The fourth-order valence-electron chi connectivity index (χ4n) is 6.42. The van der Waals surface area contributed by atoms with Crippen molar-refractivity contribution in [2.24, 2.45) is 0 Å². The summed E-state index contributed by atoms with van der Waals surface area (Å²) in [5.41, 5.74) is -0.818. The molecule has 2 heterocycles. The lowest BCUT2D eigenvalue weighted by atomic mass is 9.50. The molecule has 2 bridgehead atoms. The van der Waals surface area contributed by atoms with E-state index in [4.69, 9.17) is 14.6 Å². The number of carbonyl (C=O) groups is 4. The summed E-state index contributed by atoms with van der Waals surface area (Å²) in [6, 6.07) is 3.00. The van der Waals surface area contributed by atoms with Gasteiger partial charge in [-0.25, -0.2) is 14.4 Å². The number of rotatable bonds is 8. The molecule has 2 aliphatic heterocycles. The number of carbonyl (C=O) groups excluding carboxylic acids is 2. The van der Waals surface area contributed by atoms with Crippen molar-refractivity contribution in [2.75, 3.05) is 13.6 Å². The van der Waals surface area contributed by atoms with Crippen LogP contribution in [0.5, 0.6) is 11.5 Å². The zero-order valence-electron chi connectivity index (χ0n) is 20.6. The number of aromatic hydroxyl groups is 1. The standard InChI is InChI=1S/C25H27NO13/c1-26-7-6-24-16-10-2-3-11(27)19(16)39-20(24)12(4-5-25(24,36)14(26)8-10)37-15(28)9-13(21(31)32)38-23(35)18(30)17(29)22(33)34/h2-4,13-14,17-18,20,27,29-30,36H,5-9H2,1H3,(H,31,32)(H,33,34)/t13-,14+,17+,18+,20-,24-,25+/m0/s1. The van der Waals surface area contributed by atoms with E-state index in [1.165, 1.54) is 12.1 Å². The largest absolute Gasteiger partial charge is 0.504 e. The molecule has 39 heavy (non-hydrogen) atoms. The molecule has 0 unspecified atom stereocenters. The summed E-state index contributed by atoms with van der Waals surface area (Å²) in [5, 5.41) is 59.6. The Balaban J connectivity index is 1.39. The van der Waals surface area contributed by atoms with Crippen LogP contribution in [0.2, 0.25) is 0 Å². The van der Waals surface area contributed by atoms with Gasteiger partial charge in [-0.3, -0.25) is 4.79 Å². The van der Waals surface area contributed by atoms with E-state index in [0.717, 1.165) is 5.56 Å². The van der Waals surface area contributed by atoms with Gasteiger partial charge in [-0.05, 0) is 44.1 Å². The van der Waals surface area contributed by atoms with Crippen molar-refractivity contribution in [1.29, 1.82) is 0 Å². The summed E-state index contributed by atoms with van der Waals surface area (Å²) in [6.07, 6.45) is -6.87. The highest BCUT2D eigenvalue weighted by molar-refractivity contribution is 5.87. The van der Waals surface area contributed by atoms with Gasteiger partial charge in [0.25, 0.3) is 0 Å². The number of benzene rings is 1. The Morgan fingerprint density at radius 2 is 1.87 bits per heavy atom. The summed E-state index contributed by atoms with van der Waals surface area (Å²) in [5.74, 6) is -6.60. The van der Waals surface area contributed by atoms with E-state index in [2.05, 4.69) is 9.64 Å². The minimum atomic E-state index is -2.59. The van der Waals surface area contributed by atoms with Crippen LogP contribution in [0.3, 0.4) is 0 Å². The lowest BCUT2D eigenvalue weighted by Gasteiger charge is -2.61. The smallest absolute Gasteiger partial charge is 0.345 e. The maximum Gasteiger partial charge on any atom is 0.345 e. The van der Waals surface area contributed by atoms with Crippen LogP contribution < -0.4 is 4.74 Å². The number of esters is 2. The molecule has 5 rings (SSSR count). The number of carboxylic acids is 2. The van der Waals surface area contributed by atoms with Gasteiger partial charge >= 0.3 is 23.9 Å². The third kappa shape index (κ3) is 3.85. The molecule has 0 radical (unpaired) electrons. The highest BCUT2D eigenvalue weighted by atomic mass is 16.6. The molecule has 14 heteroatoms. The average molecular weight is 549 g/mol. The van der Waals surface area contributed by atoms with Gasteiger partial charge in [0.05, 0.1) is 17.4 Å². The first-order valence-electron chi connectivity index (χ1n) is 12.2. The van der Waals surface area contributed by atoms with Crippen molar-refractivity contribution in [3.05, 3.63) is 35.1 Å². The topological polar surface area (TPSA) is 221 Å². The Labute approximate surface area is 220 Å². The number of piperidine rings is 1. The van der Waals surface area contributed by atoms with Crippen molar-refractivity contribution in [1.82, 2.24) is 4.90 Å². The third-order valence-corrected chi connectivity index (χ3v) is 8.26. The van der Waals surface area contributed by atoms with Crippen LogP contribution in [0, 0.1) is 0 Å². The minimum Gasteiger partial charge on any atom is -0.504 e. The molecule has 0 saturated carbocycles. The van der Waals surface area contributed by atoms with Crippen molar-refractivity contribution in [3.8, 4) is 11.5 Å². The Morgan fingerprint density at radius 3 is 2.54 bits per heavy atom. The number of hydrogen-bond donors (Lipinski definition) is 6. The van der Waals surface area contributed by atoms with Gasteiger partial charge in [-0.15, -0.1) is 0 Å². The van der Waals surface area contributed by atoms with Crippen molar-refractivity contribution in [3.63, 3.8) is 0 Å². The molecule has 6 N–H and O–H groups in total. The second kappa shape index (κ2) is 9.19. The number of ether oxygens (including phenoxy) is 3.